The van der Waals surface area contributed by atoms with Gasteiger partial charge in [0.05, 0.1) is 23.1 Å². The van der Waals surface area contributed by atoms with Crippen LogP contribution in [0.15, 0.2) is 42.5 Å². The molecule has 1 saturated heterocycles. The lowest BCUT2D eigenvalue weighted by Gasteiger charge is -2.41. The van der Waals surface area contributed by atoms with Crippen LogP contribution in [0.3, 0.4) is 0 Å². The quantitative estimate of drug-likeness (QED) is 0.583. The number of anilines is 1. The first-order valence-electron chi connectivity index (χ1n) is 10.2. The topological polar surface area (TPSA) is 63.7 Å². The Kier molecular flexibility index (Phi) is 4.81. The molecule has 2 amide bonds. The summed E-state index contributed by atoms with van der Waals surface area (Å²) >= 11 is 5.81. The number of nitrogens with zero attached hydrogens (tertiary/aromatic N) is 1. The largest absolute Gasteiger partial charge is 0.457 e. The fraction of sp³-hybridized carbons (Fsp3) is 0.348. The van der Waals surface area contributed by atoms with E-state index < -0.39 is 47.0 Å². The lowest BCUT2D eigenvalue weighted by molar-refractivity contribution is -0.143. The standard InChI is InChI=1S/C23H17ClF3NO4/c24-12-2-4-13(5-3-12)32-14-6-8-17(16(10-14)23(25,26)27)28-21(30)19-11-1-7-15(18(29)9-11)20(19)22(28)31/h2-6,8,10-11,15,19-20H,1,7,9H2/t11-,15+,19+,20-/m0/s1. The molecule has 166 valence electrons. The average Bonchev–Trinajstić information content (AvgIpc) is 3.02. The molecule has 6 rings (SSSR count). The van der Waals surface area contributed by atoms with Crippen LogP contribution in [0.1, 0.15) is 24.8 Å². The minimum Gasteiger partial charge on any atom is -0.457 e. The second-order valence-electron chi connectivity index (χ2n) is 8.41. The van der Waals surface area contributed by atoms with Gasteiger partial charge < -0.3 is 4.74 Å². The molecule has 2 bridgehead atoms. The highest BCUT2D eigenvalue weighted by Gasteiger charge is 2.61. The van der Waals surface area contributed by atoms with Crippen LogP contribution in [0.2, 0.25) is 5.02 Å². The Morgan fingerprint density at radius 3 is 2.22 bits per heavy atom. The van der Waals surface area contributed by atoms with Crippen LogP contribution in [0.4, 0.5) is 18.9 Å². The van der Waals surface area contributed by atoms with Crippen molar-refractivity contribution in [2.45, 2.75) is 25.4 Å². The summed E-state index contributed by atoms with van der Waals surface area (Å²) in [7, 11) is 0. The van der Waals surface area contributed by atoms with Gasteiger partial charge in [-0.25, -0.2) is 4.90 Å². The van der Waals surface area contributed by atoms with Gasteiger partial charge in [-0.15, -0.1) is 0 Å². The number of benzene rings is 2. The van der Waals surface area contributed by atoms with Crippen molar-refractivity contribution in [3.8, 4) is 11.5 Å². The molecule has 32 heavy (non-hydrogen) atoms. The molecular formula is C23H17ClF3NO4. The van der Waals surface area contributed by atoms with Gasteiger partial charge in [-0.2, -0.15) is 13.2 Å². The van der Waals surface area contributed by atoms with Crippen molar-refractivity contribution in [1.82, 2.24) is 0 Å². The first-order chi connectivity index (χ1) is 15.1. The summed E-state index contributed by atoms with van der Waals surface area (Å²) in [4.78, 5) is 39.1. The number of hydrogen-bond acceptors (Lipinski definition) is 4. The van der Waals surface area contributed by atoms with E-state index >= 15 is 0 Å². The maximum absolute atomic E-state index is 13.9. The fourth-order valence-electron chi connectivity index (χ4n) is 5.26. The van der Waals surface area contributed by atoms with Crippen LogP contribution in [-0.4, -0.2) is 17.6 Å². The number of imide groups is 1. The number of hydrogen-bond donors (Lipinski definition) is 0. The van der Waals surface area contributed by atoms with Crippen LogP contribution in [0.5, 0.6) is 11.5 Å². The molecule has 3 saturated carbocycles. The van der Waals surface area contributed by atoms with Gasteiger partial charge in [0.1, 0.15) is 17.3 Å². The summed E-state index contributed by atoms with van der Waals surface area (Å²) in [5.74, 6) is -3.75. The zero-order chi connectivity index (χ0) is 22.8. The van der Waals surface area contributed by atoms with Crippen LogP contribution in [0.25, 0.3) is 0 Å². The van der Waals surface area contributed by atoms with E-state index in [1.165, 1.54) is 30.3 Å². The maximum atomic E-state index is 13.9. The molecule has 5 nitrogen and oxygen atoms in total. The molecule has 0 unspecified atom stereocenters. The predicted molar refractivity (Wildman–Crippen MR) is 108 cm³/mol. The smallest absolute Gasteiger partial charge is 0.418 e. The van der Waals surface area contributed by atoms with Crippen LogP contribution < -0.4 is 9.64 Å². The van der Waals surface area contributed by atoms with Crippen molar-refractivity contribution < 1.29 is 32.3 Å². The summed E-state index contributed by atoms with van der Waals surface area (Å²) < 4.78 is 47.3. The molecule has 1 aliphatic heterocycles. The third-order valence-corrected chi connectivity index (χ3v) is 6.88. The number of amides is 2. The van der Waals surface area contributed by atoms with E-state index in [2.05, 4.69) is 0 Å². The van der Waals surface area contributed by atoms with Gasteiger partial charge in [0.15, 0.2) is 0 Å². The lowest BCUT2D eigenvalue weighted by atomic mass is 9.59. The molecule has 4 fully saturated rings. The summed E-state index contributed by atoms with van der Waals surface area (Å²) in [6.07, 6.45) is -3.50. The highest BCUT2D eigenvalue weighted by molar-refractivity contribution is 6.30. The Balaban J connectivity index is 1.53. The molecular weight excluding hydrogens is 447 g/mol. The molecule has 0 N–H and O–H groups in total. The van der Waals surface area contributed by atoms with Crippen molar-refractivity contribution in [1.29, 1.82) is 0 Å². The second kappa shape index (κ2) is 7.33. The summed E-state index contributed by atoms with van der Waals surface area (Å²) in [6.45, 7) is 0. The number of carbonyl (C=O) groups excluding carboxylic acids is 3. The number of halogens is 4. The van der Waals surface area contributed by atoms with Gasteiger partial charge in [0, 0.05) is 17.4 Å². The van der Waals surface area contributed by atoms with Crippen LogP contribution in [0, 0.1) is 23.7 Å². The van der Waals surface area contributed by atoms with Crippen molar-refractivity contribution in [3.05, 3.63) is 53.1 Å². The van der Waals surface area contributed by atoms with Crippen molar-refractivity contribution >= 4 is 34.9 Å². The van der Waals surface area contributed by atoms with Gasteiger partial charge in [-0.1, -0.05) is 11.6 Å². The molecule has 2 aromatic rings. The van der Waals surface area contributed by atoms with Crippen molar-refractivity contribution in [2.24, 2.45) is 23.7 Å². The number of carbonyl (C=O) groups is 3. The van der Waals surface area contributed by atoms with E-state index in [0.717, 1.165) is 12.1 Å². The van der Waals surface area contributed by atoms with E-state index in [1.807, 2.05) is 0 Å². The number of ether oxygens (including phenoxy) is 1. The van der Waals surface area contributed by atoms with Crippen molar-refractivity contribution in [2.75, 3.05) is 4.90 Å². The van der Waals surface area contributed by atoms with Crippen LogP contribution in [-0.2, 0) is 20.6 Å². The van der Waals surface area contributed by atoms with E-state index in [1.54, 1.807) is 0 Å². The zero-order valence-electron chi connectivity index (χ0n) is 16.6. The molecule has 9 heteroatoms. The summed E-state index contributed by atoms with van der Waals surface area (Å²) in [5, 5.41) is 0.448. The van der Waals surface area contributed by atoms with E-state index in [4.69, 9.17) is 16.3 Å². The van der Waals surface area contributed by atoms with Gasteiger partial charge in [-0.3, -0.25) is 14.4 Å². The highest BCUT2D eigenvalue weighted by atomic mass is 35.5. The molecule has 4 aliphatic rings. The molecule has 3 aliphatic carbocycles. The Hall–Kier alpha value is -2.87. The number of ketones is 1. The molecule has 0 radical (unpaired) electrons. The molecule has 4 atom stereocenters. The van der Waals surface area contributed by atoms with E-state index in [0.29, 0.717) is 22.8 Å². The molecule has 2 aromatic carbocycles. The number of fused-ring (bicyclic) bond motifs is 2. The Bertz CT molecular complexity index is 1130. The third-order valence-electron chi connectivity index (χ3n) is 6.63. The van der Waals surface area contributed by atoms with E-state index in [-0.39, 0.29) is 29.6 Å². The summed E-state index contributed by atoms with van der Waals surface area (Å²) in [5.41, 5.74) is -1.68. The maximum Gasteiger partial charge on any atom is 0.418 e. The second-order valence-corrected chi connectivity index (χ2v) is 8.85. The fourth-order valence-corrected chi connectivity index (χ4v) is 5.39. The minimum absolute atomic E-state index is 0.0757. The predicted octanol–water partition coefficient (Wildman–Crippen LogP) is 5.26. The zero-order valence-corrected chi connectivity index (χ0v) is 17.3. The van der Waals surface area contributed by atoms with E-state index in [9.17, 15) is 27.6 Å². The van der Waals surface area contributed by atoms with Gasteiger partial charge in [0.25, 0.3) is 0 Å². The number of rotatable bonds is 3. The van der Waals surface area contributed by atoms with Crippen molar-refractivity contribution in [3.63, 3.8) is 0 Å². The van der Waals surface area contributed by atoms with Gasteiger partial charge in [0.2, 0.25) is 11.8 Å². The SMILES string of the molecule is O=C1C[C@@H]2CC[C@H]1[C@@H]1C(=O)N(c3ccc(Oc4ccc(Cl)cc4)cc3C(F)(F)F)C(=O)[C@H]21. The molecule has 0 spiro atoms. The van der Waals surface area contributed by atoms with Gasteiger partial charge in [-0.05, 0) is 61.2 Å². The minimum atomic E-state index is -4.84. The van der Waals surface area contributed by atoms with Gasteiger partial charge >= 0.3 is 6.18 Å². The molecule has 1 heterocycles. The monoisotopic (exact) mass is 463 g/mol. The first-order valence-corrected chi connectivity index (χ1v) is 10.6. The Labute approximate surface area is 186 Å². The number of alkyl halides is 3. The number of Topliss-reactive ketones (excluding diaryl/α,β-unsaturated/α-hetero) is 1. The average molecular weight is 464 g/mol. The lowest BCUT2D eigenvalue weighted by Crippen LogP contribution is -2.46. The first kappa shape index (κ1) is 21.0. The highest BCUT2D eigenvalue weighted by Crippen LogP contribution is 2.53. The Morgan fingerprint density at radius 2 is 1.56 bits per heavy atom. The third kappa shape index (κ3) is 3.28. The normalized spacial score (nSPS) is 27.1. The Morgan fingerprint density at radius 1 is 0.906 bits per heavy atom. The van der Waals surface area contributed by atoms with Crippen LogP contribution >= 0.6 is 11.6 Å². The molecule has 0 aromatic heterocycles. The summed E-state index contributed by atoms with van der Waals surface area (Å²) in [6, 6.07) is 9.21.